The summed E-state index contributed by atoms with van der Waals surface area (Å²) >= 11 is 0. The van der Waals surface area contributed by atoms with E-state index in [9.17, 15) is 18.4 Å². The summed E-state index contributed by atoms with van der Waals surface area (Å²) in [5.74, 6) is -1.62. The number of nitrogens with zero attached hydrogens (tertiary/aromatic N) is 3. The predicted molar refractivity (Wildman–Crippen MR) is 119 cm³/mol. The molecule has 1 N–H and O–H groups in total. The number of rotatable bonds is 6. The van der Waals surface area contributed by atoms with Crippen LogP contribution in [-0.4, -0.2) is 59.1 Å². The molecule has 3 amide bonds. The summed E-state index contributed by atoms with van der Waals surface area (Å²) in [6.45, 7) is 2.11. The van der Waals surface area contributed by atoms with Crippen molar-refractivity contribution in [3.8, 4) is 0 Å². The molecule has 3 aliphatic heterocycles. The van der Waals surface area contributed by atoms with Gasteiger partial charge in [-0.25, -0.2) is 13.6 Å². The van der Waals surface area contributed by atoms with Crippen molar-refractivity contribution in [1.29, 1.82) is 0 Å². The summed E-state index contributed by atoms with van der Waals surface area (Å²) in [4.78, 5) is 34.5. The molecule has 3 saturated heterocycles. The van der Waals surface area contributed by atoms with Crippen molar-refractivity contribution in [1.82, 2.24) is 20.1 Å². The van der Waals surface area contributed by atoms with Crippen LogP contribution in [0.5, 0.6) is 0 Å². The molecule has 0 bridgehead atoms. The van der Waals surface area contributed by atoms with Gasteiger partial charge in [0.2, 0.25) is 0 Å². The van der Waals surface area contributed by atoms with E-state index in [4.69, 9.17) is 4.74 Å². The van der Waals surface area contributed by atoms with Gasteiger partial charge in [-0.2, -0.15) is 0 Å². The molecule has 1 aromatic carbocycles. The molecule has 7 nitrogen and oxygen atoms in total. The molecule has 180 valence electrons. The largest absolute Gasteiger partial charge is 0.376 e. The maximum Gasteiger partial charge on any atom is 0.325 e. The zero-order valence-electron chi connectivity index (χ0n) is 18.9. The number of amides is 3. The molecule has 5 rings (SSSR count). The van der Waals surface area contributed by atoms with Crippen LogP contribution >= 0.6 is 0 Å². The fourth-order valence-corrected chi connectivity index (χ4v) is 5.44. The highest BCUT2D eigenvalue weighted by atomic mass is 19.1. The molecular weight excluding hydrogens is 442 g/mol. The second-order valence-corrected chi connectivity index (χ2v) is 9.25. The Labute approximate surface area is 197 Å². The zero-order chi connectivity index (χ0) is 23.7. The topological polar surface area (TPSA) is 74.8 Å². The summed E-state index contributed by atoms with van der Waals surface area (Å²) in [6.07, 6.45) is 4.36. The van der Waals surface area contributed by atoms with Crippen molar-refractivity contribution in [2.24, 2.45) is 5.92 Å². The number of imide groups is 1. The van der Waals surface area contributed by atoms with Gasteiger partial charge in [0, 0.05) is 24.9 Å². The lowest BCUT2D eigenvalue weighted by atomic mass is 9.75. The van der Waals surface area contributed by atoms with Crippen LogP contribution in [-0.2, 0) is 21.6 Å². The molecule has 3 aliphatic rings. The van der Waals surface area contributed by atoms with Crippen LogP contribution < -0.4 is 5.32 Å². The second kappa shape index (κ2) is 9.38. The van der Waals surface area contributed by atoms with Crippen LogP contribution in [0.3, 0.4) is 0 Å². The average Bonchev–Trinajstić information content (AvgIpc) is 3.45. The number of ether oxygens (including phenoxy) is 1. The molecule has 1 aromatic heterocycles. The van der Waals surface area contributed by atoms with Gasteiger partial charge in [-0.1, -0.05) is 12.1 Å². The normalized spacial score (nSPS) is 26.3. The molecule has 0 aliphatic carbocycles. The Morgan fingerprint density at radius 2 is 1.82 bits per heavy atom. The van der Waals surface area contributed by atoms with Gasteiger partial charge in [0.1, 0.15) is 11.6 Å². The van der Waals surface area contributed by atoms with Crippen LogP contribution in [0, 0.1) is 17.6 Å². The minimum Gasteiger partial charge on any atom is -0.376 e. The predicted octanol–water partition coefficient (Wildman–Crippen LogP) is 3.20. The second-order valence-electron chi connectivity index (χ2n) is 9.25. The molecule has 2 aromatic rings. The van der Waals surface area contributed by atoms with Gasteiger partial charge in [-0.3, -0.25) is 19.6 Å². The SMILES string of the molecule is O=C1NC(c2ccccn2)(C2CCN(Cc3c(F)cccc3F)CC2)C(=O)N1CC1CCCO1. The van der Waals surface area contributed by atoms with Gasteiger partial charge >= 0.3 is 6.03 Å². The molecule has 3 fully saturated rings. The van der Waals surface area contributed by atoms with Gasteiger partial charge in [0.05, 0.1) is 18.3 Å². The lowest BCUT2D eigenvalue weighted by molar-refractivity contribution is -0.135. The van der Waals surface area contributed by atoms with E-state index < -0.39 is 23.2 Å². The Hall–Kier alpha value is -2.91. The Morgan fingerprint density at radius 3 is 2.47 bits per heavy atom. The summed E-state index contributed by atoms with van der Waals surface area (Å²) in [5, 5.41) is 2.99. The van der Waals surface area contributed by atoms with Crippen LogP contribution in [0.1, 0.15) is 36.9 Å². The minimum absolute atomic E-state index is 0.0494. The van der Waals surface area contributed by atoms with Gasteiger partial charge in [-0.05, 0) is 69.0 Å². The Morgan fingerprint density at radius 1 is 1.06 bits per heavy atom. The number of likely N-dealkylation sites (tertiary alicyclic amines) is 1. The van der Waals surface area contributed by atoms with E-state index in [2.05, 4.69) is 10.3 Å². The number of piperidine rings is 1. The molecule has 9 heteroatoms. The molecule has 2 atom stereocenters. The Balaban J connectivity index is 1.36. The summed E-state index contributed by atoms with van der Waals surface area (Å²) in [7, 11) is 0. The number of hydrogen-bond acceptors (Lipinski definition) is 5. The first-order valence-electron chi connectivity index (χ1n) is 11.8. The van der Waals surface area contributed by atoms with E-state index in [1.54, 1.807) is 18.3 Å². The number of aromatic nitrogens is 1. The number of hydrogen-bond donors (Lipinski definition) is 1. The van der Waals surface area contributed by atoms with E-state index in [1.807, 2.05) is 11.0 Å². The number of benzene rings is 1. The number of halogens is 2. The van der Waals surface area contributed by atoms with Crippen molar-refractivity contribution in [3.63, 3.8) is 0 Å². The minimum atomic E-state index is -1.26. The zero-order valence-corrected chi connectivity index (χ0v) is 18.9. The summed E-state index contributed by atoms with van der Waals surface area (Å²) in [6, 6.07) is 8.80. The highest BCUT2D eigenvalue weighted by Gasteiger charge is 2.58. The van der Waals surface area contributed by atoms with E-state index in [0.717, 1.165) is 12.8 Å². The van der Waals surface area contributed by atoms with Gasteiger partial charge in [-0.15, -0.1) is 0 Å². The lowest BCUT2D eigenvalue weighted by Crippen LogP contribution is -2.54. The average molecular weight is 471 g/mol. The molecule has 0 spiro atoms. The van der Waals surface area contributed by atoms with Crippen LogP contribution in [0.15, 0.2) is 42.6 Å². The number of pyridine rings is 1. The van der Waals surface area contributed by atoms with Crippen LogP contribution in [0.4, 0.5) is 13.6 Å². The summed E-state index contributed by atoms with van der Waals surface area (Å²) < 4.78 is 33.9. The van der Waals surface area contributed by atoms with Crippen molar-refractivity contribution < 1.29 is 23.1 Å². The van der Waals surface area contributed by atoms with E-state index >= 15 is 0 Å². The first-order chi connectivity index (χ1) is 16.5. The van der Waals surface area contributed by atoms with Crippen LogP contribution in [0.25, 0.3) is 0 Å². The van der Waals surface area contributed by atoms with E-state index in [0.29, 0.717) is 38.2 Å². The molecular formula is C25H28F2N4O3. The molecule has 4 heterocycles. The van der Waals surface area contributed by atoms with Crippen LogP contribution in [0.2, 0.25) is 0 Å². The molecule has 0 radical (unpaired) electrons. The quantitative estimate of drug-likeness (QED) is 0.657. The smallest absolute Gasteiger partial charge is 0.325 e. The Bertz CT molecular complexity index is 1040. The molecule has 34 heavy (non-hydrogen) atoms. The third-order valence-electron chi connectivity index (χ3n) is 7.25. The number of urea groups is 1. The maximum atomic E-state index is 14.1. The lowest BCUT2D eigenvalue weighted by Gasteiger charge is -2.40. The monoisotopic (exact) mass is 470 g/mol. The van der Waals surface area contributed by atoms with Crippen molar-refractivity contribution >= 4 is 11.9 Å². The Kier molecular flexibility index (Phi) is 6.31. The number of nitrogens with one attached hydrogen (secondary N) is 1. The first kappa shape index (κ1) is 22.9. The van der Waals surface area contributed by atoms with Gasteiger partial charge in [0.25, 0.3) is 5.91 Å². The van der Waals surface area contributed by atoms with Crippen molar-refractivity contribution in [2.75, 3.05) is 26.2 Å². The molecule has 2 unspecified atom stereocenters. The fraction of sp³-hybridized carbons (Fsp3) is 0.480. The first-order valence-corrected chi connectivity index (χ1v) is 11.8. The van der Waals surface area contributed by atoms with Crippen molar-refractivity contribution in [3.05, 3.63) is 65.5 Å². The highest BCUT2D eigenvalue weighted by molar-refractivity contribution is 6.07. The van der Waals surface area contributed by atoms with Gasteiger partial charge < -0.3 is 10.1 Å². The van der Waals surface area contributed by atoms with Crippen molar-refractivity contribution in [2.45, 2.75) is 43.9 Å². The number of carbonyl (C=O) groups excluding carboxylic acids is 2. The van der Waals surface area contributed by atoms with E-state index in [1.165, 1.54) is 23.1 Å². The standard InChI is InChI=1S/C25H28F2N4O3/c26-20-6-3-7-21(27)19(20)16-30-12-9-17(10-13-30)25(22-8-1-2-11-28-22)23(32)31(24(33)29-25)15-18-5-4-14-34-18/h1-3,6-8,11,17-18H,4-5,9-10,12-16H2,(H,29,33). The van der Waals surface area contributed by atoms with E-state index in [-0.39, 0.29) is 36.6 Å². The highest BCUT2D eigenvalue weighted by Crippen LogP contribution is 2.41. The maximum absolute atomic E-state index is 14.1. The summed E-state index contributed by atoms with van der Waals surface area (Å²) in [5.41, 5.74) is -0.693. The van der Waals surface area contributed by atoms with Gasteiger partial charge in [0.15, 0.2) is 5.54 Å². The third kappa shape index (κ3) is 4.07. The molecule has 0 saturated carbocycles. The third-order valence-corrected chi connectivity index (χ3v) is 7.25. The number of carbonyl (C=O) groups is 2. The fourth-order valence-electron chi connectivity index (χ4n) is 5.44.